The zero-order valence-corrected chi connectivity index (χ0v) is 13.9. The summed E-state index contributed by atoms with van der Waals surface area (Å²) < 4.78 is 0. The van der Waals surface area contributed by atoms with E-state index in [1.54, 1.807) is 0 Å². The number of hydrogen-bond donors (Lipinski definition) is 1. The third-order valence-electron chi connectivity index (χ3n) is 4.00. The van der Waals surface area contributed by atoms with Crippen molar-refractivity contribution in [2.24, 2.45) is 0 Å². The van der Waals surface area contributed by atoms with Gasteiger partial charge in [0.25, 0.3) is 0 Å². The van der Waals surface area contributed by atoms with E-state index >= 15 is 0 Å². The van der Waals surface area contributed by atoms with Crippen LogP contribution in [0.15, 0.2) is 30.3 Å². The van der Waals surface area contributed by atoms with Crippen molar-refractivity contribution in [1.29, 1.82) is 0 Å². The molecule has 1 unspecified atom stereocenters. The van der Waals surface area contributed by atoms with Crippen molar-refractivity contribution in [3.8, 4) is 0 Å². The van der Waals surface area contributed by atoms with E-state index in [1.165, 1.54) is 12.0 Å². The van der Waals surface area contributed by atoms with E-state index in [9.17, 15) is 0 Å². The Kier molecular flexibility index (Phi) is 7.86. The fourth-order valence-electron chi connectivity index (χ4n) is 2.71. The van der Waals surface area contributed by atoms with Gasteiger partial charge in [0.15, 0.2) is 0 Å². The number of benzene rings is 1. The number of rotatable bonds is 9. The Balaban J connectivity index is 2.19. The Morgan fingerprint density at radius 3 is 2.05 bits per heavy atom. The smallest absolute Gasteiger partial charge is 0.0112 e. The van der Waals surface area contributed by atoms with Gasteiger partial charge in [-0.1, -0.05) is 37.3 Å². The van der Waals surface area contributed by atoms with Crippen LogP contribution in [0.2, 0.25) is 0 Å². The highest BCUT2D eigenvalue weighted by Gasteiger charge is 2.12. The molecule has 0 heterocycles. The molecule has 0 aromatic heterocycles. The maximum Gasteiger partial charge on any atom is 0.0112 e. The average molecular weight is 276 g/mol. The molecule has 0 saturated carbocycles. The lowest BCUT2D eigenvalue weighted by molar-refractivity contribution is 0.176. The van der Waals surface area contributed by atoms with Gasteiger partial charge in [-0.3, -0.25) is 4.90 Å². The molecule has 0 saturated heterocycles. The molecule has 0 fully saturated rings. The molecule has 0 aliphatic heterocycles. The summed E-state index contributed by atoms with van der Waals surface area (Å²) in [6.45, 7) is 14.7. The van der Waals surface area contributed by atoms with Gasteiger partial charge in [0.1, 0.15) is 0 Å². The highest BCUT2D eigenvalue weighted by atomic mass is 15.2. The van der Waals surface area contributed by atoms with Crippen molar-refractivity contribution in [3.05, 3.63) is 35.9 Å². The maximum absolute atomic E-state index is 3.58. The lowest BCUT2D eigenvalue weighted by atomic mass is 9.98. The zero-order chi connectivity index (χ0) is 15.0. The van der Waals surface area contributed by atoms with Crippen LogP contribution >= 0.6 is 0 Å². The standard InChI is InChI=1S/C18H32N2/c1-15(2)20(16(3)4)14-13-19-12-11-17(5)18-9-7-6-8-10-18/h6-10,15-17,19H,11-14H2,1-5H3. The summed E-state index contributed by atoms with van der Waals surface area (Å²) in [6, 6.07) is 12.0. The Bertz CT molecular complexity index is 338. The van der Waals surface area contributed by atoms with Gasteiger partial charge in [0.05, 0.1) is 0 Å². The summed E-state index contributed by atoms with van der Waals surface area (Å²) in [6.07, 6.45) is 1.20. The summed E-state index contributed by atoms with van der Waals surface area (Å²) in [5.41, 5.74) is 1.44. The Hall–Kier alpha value is -0.860. The van der Waals surface area contributed by atoms with Crippen LogP contribution in [-0.2, 0) is 0 Å². The summed E-state index contributed by atoms with van der Waals surface area (Å²) in [5, 5.41) is 3.58. The minimum Gasteiger partial charge on any atom is -0.315 e. The lowest BCUT2D eigenvalue weighted by Gasteiger charge is -2.30. The normalized spacial score (nSPS) is 13.4. The van der Waals surface area contributed by atoms with Gasteiger partial charge in [0.2, 0.25) is 0 Å². The van der Waals surface area contributed by atoms with Gasteiger partial charge in [-0.15, -0.1) is 0 Å². The Morgan fingerprint density at radius 1 is 0.900 bits per heavy atom. The highest BCUT2D eigenvalue weighted by molar-refractivity contribution is 5.18. The molecular weight excluding hydrogens is 244 g/mol. The Morgan fingerprint density at radius 2 is 1.50 bits per heavy atom. The second kappa shape index (κ2) is 9.15. The summed E-state index contributed by atoms with van der Waals surface area (Å²) >= 11 is 0. The van der Waals surface area contributed by atoms with E-state index in [4.69, 9.17) is 0 Å². The molecule has 1 rings (SSSR count). The summed E-state index contributed by atoms with van der Waals surface area (Å²) in [4.78, 5) is 2.54. The molecule has 1 atom stereocenters. The average Bonchev–Trinajstić information content (AvgIpc) is 2.42. The molecule has 1 N–H and O–H groups in total. The molecule has 1 aromatic carbocycles. The third-order valence-corrected chi connectivity index (χ3v) is 4.00. The molecule has 0 radical (unpaired) electrons. The van der Waals surface area contributed by atoms with Crippen LogP contribution in [0.1, 0.15) is 52.5 Å². The first-order valence-electron chi connectivity index (χ1n) is 8.03. The van der Waals surface area contributed by atoms with Crippen LogP contribution in [0.25, 0.3) is 0 Å². The molecule has 0 amide bonds. The fourth-order valence-corrected chi connectivity index (χ4v) is 2.71. The van der Waals surface area contributed by atoms with Crippen LogP contribution in [0.5, 0.6) is 0 Å². The second-order valence-corrected chi connectivity index (χ2v) is 6.28. The molecular formula is C18H32N2. The quantitative estimate of drug-likeness (QED) is 0.688. The van der Waals surface area contributed by atoms with Gasteiger partial charge in [-0.2, -0.15) is 0 Å². The van der Waals surface area contributed by atoms with Crippen LogP contribution in [0.4, 0.5) is 0 Å². The van der Waals surface area contributed by atoms with E-state index in [-0.39, 0.29) is 0 Å². The predicted molar refractivity (Wildman–Crippen MR) is 89.3 cm³/mol. The Labute approximate surface area is 125 Å². The molecule has 0 aliphatic carbocycles. The van der Waals surface area contributed by atoms with Crippen LogP contribution in [-0.4, -0.2) is 36.6 Å². The first-order chi connectivity index (χ1) is 9.52. The van der Waals surface area contributed by atoms with Crippen molar-refractivity contribution >= 4 is 0 Å². The van der Waals surface area contributed by atoms with Crippen LogP contribution in [0, 0.1) is 0 Å². The first-order valence-corrected chi connectivity index (χ1v) is 8.03. The van der Waals surface area contributed by atoms with E-state index in [1.807, 2.05) is 0 Å². The molecule has 20 heavy (non-hydrogen) atoms. The number of hydrogen-bond acceptors (Lipinski definition) is 2. The van der Waals surface area contributed by atoms with Crippen molar-refractivity contribution in [1.82, 2.24) is 10.2 Å². The van der Waals surface area contributed by atoms with E-state index in [0.29, 0.717) is 18.0 Å². The fraction of sp³-hybridized carbons (Fsp3) is 0.667. The minimum absolute atomic E-state index is 0.625. The minimum atomic E-state index is 0.625. The third kappa shape index (κ3) is 6.06. The summed E-state index contributed by atoms with van der Waals surface area (Å²) in [7, 11) is 0. The largest absolute Gasteiger partial charge is 0.315 e. The topological polar surface area (TPSA) is 15.3 Å². The lowest BCUT2D eigenvalue weighted by Crippen LogP contribution is -2.41. The van der Waals surface area contributed by atoms with Crippen LogP contribution in [0.3, 0.4) is 0 Å². The molecule has 0 bridgehead atoms. The molecule has 2 nitrogen and oxygen atoms in total. The van der Waals surface area contributed by atoms with Gasteiger partial charge in [0, 0.05) is 25.2 Å². The monoisotopic (exact) mass is 276 g/mol. The number of nitrogens with zero attached hydrogens (tertiary/aromatic N) is 1. The van der Waals surface area contributed by atoms with Crippen molar-refractivity contribution < 1.29 is 0 Å². The van der Waals surface area contributed by atoms with Gasteiger partial charge < -0.3 is 5.32 Å². The predicted octanol–water partition coefficient (Wildman–Crippen LogP) is 3.89. The zero-order valence-electron chi connectivity index (χ0n) is 13.9. The SMILES string of the molecule is CC(CCNCCN(C(C)C)C(C)C)c1ccccc1. The molecule has 2 heteroatoms. The van der Waals surface area contributed by atoms with Crippen molar-refractivity contribution in [2.45, 2.75) is 59.0 Å². The van der Waals surface area contributed by atoms with Crippen molar-refractivity contribution in [3.63, 3.8) is 0 Å². The van der Waals surface area contributed by atoms with E-state index in [2.05, 4.69) is 75.2 Å². The molecule has 114 valence electrons. The van der Waals surface area contributed by atoms with Gasteiger partial charge in [-0.25, -0.2) is 0 Å². The molecule has 0 spiro atoms. The first kappa shape index (κ1) is 17.2. The van der Waals surface area contributed by atoms with E-state index in [0.717, 1.165) is 19.6 Å². The van der Waals surface area contributed by atoms with Crippen LogP contribution < -0.4 is 5.32 Å². The molecule has 0 aliphatic rings. The van der Waals surface area contributed by atoms with Crippen molar-refractivity contribution in [2.75, 3.05) is 19.6 Å². The van der Waals surface area contributed by atoms with E-state index < -0.39 is 0 Å². The number of nitrogens with one attached hydrogen (secondary N) is 1. The molecule has 1 aromatic rings. The van der Waals surface area contributed by atoms with Gasteiger partial charge in [-0.05, 0) is 52.1 Å². The highest BCUT2D eigenvalue weighted by Crippen LogP contribution is 2.17. The second-order valence-electron chi connectivity index (χ2n) is 6.28. The maximum atomic E-state index is 3.58. The summed E-state index contributed by atoms with van der Waals surface area (Å²) in [5.74, 6) is 0.634. The van der Waals surface area contributed by atoms with Gasteiger partial charge >= 0.3 is 0 Å².